The van der Waals surface area contributed by atoms with Gasteiger partial charge in [0.2, 0.25) is 5.91 Å². The Bertz CT molecular complexity index is 602. The van der Waals surface area contributed by atoms with Crippen LogP contribution in [0.25, 0.3) is 0 Å². The highest BCUT2D eigenvalue weighted by Gasteiger charge is 2.29. The van der Waals surface area contributed by atoms with Gasteiger partial charge in [-0.1, -0.05) is 32.9 Å². The van der Waals surface area contributed by atoms with E-state index in [1.54, 1.807) is 24.0 Å². The van der Waals surface area contributed by atoms with Gasteiger partial charge in [-0.05, 0) is 49.3 Å². The van der Waals surface area contributed by atoms with Gasteiger partial charge in [-0.25, -0.2) is 0 Å². The number of amides is 2. The summed E-state index contributed by atoms with van der Waals surface area (Å²) < 4.78 is 0. The summed E-state index contributed by atoms with van der Waals surface area (Å²) in [5.74, 6) is -0.317. The van der Waals surface area contributed by atoms with E-state index in [1.165, 1.54) is 0 Å². The zero-order valence-corrected chi connectivity index (χ0v) is 15.7. The average Bonchev–Trinajstić information content (AvgIpc) is 2.99. The third-order valence-electron chi connectivity index (χ3n) is 4.72. The van der Waals surface area contributed by atoms with Crippen molar-refractivity contribution in [3.8, 4) is 0 Å². The van der Waals surface area contributed by atoms with E-state index < -0.39 is 6.10 Å². The molecule has 5 heteroatoms. The lowest BCUT2D eigenvalue weighted by atomic mass is 9.87. The van der Waals surface area contributed by atoms with E-state index in [9.17, 15) is 14.7 Å². The van der Waals surface area contributed by atoms with Crippen molar-refractivity contribution >= 4 is 11.8 Å². The first-order valence-corrected chi connectivity index (χ1v) is 9.05. The van der Waals surface area contributed by atoms with Crippen LogP contribution in [0, 0.1) is 0 Å². The molecule has 5 nitrogen and oxygen atoms in total. The number of nitrogens with zero attached hydrogens (tertiary/aromatic N) is 1. The van der Waals surface area contributed by atoms with Crippen molar-refractivity contribution in [2.45, 2.75) is 64.5 Å². The summed E-state index contributed by atoms with van der Waals surface area (Å²) >= 11 is 0. The summed E-state index contributed by atoms with van der Waals surface area (Å²) in [7, 11) is 0. The number of rotatable bonds is 5. The van der Waals surface area contributed by atoms with Gasteiger partial charge in [0.05, 0.1) is 12.6 Å². The van der Waals surface area contributed by atoms with Crippen LogP contribution in [0.5, 0.6) is 0 Å². The van der Waals surface area contributed by atoms with Gasteiger partial charge in [-0.15, -0.1) is 0 Å². The molecule has 1 fully saturated rings. The number of aliphatic hydroxyl groups excluding tert-OH is 1. The smallest absolute Gasteiger partial charge is 0.251 e. The molecule has 2 amide bonds. The Morgan fingerprint density at radius 1 is 1.28 bits per heavy atom. The molecule has 2 atom stereocenters. The molecule has 0 saturated carbocycles. The fraction of sp³-hybridized carbons (Fsp3) is 0.600. The van der Waals surface area contributed by atoms with E-state index in [0.717, 1.165) is 18.4 Å². The second kappa shape index (κ2) is 8.00. The van der Waals surface area contributed by atoms with Gasteiger partial charge in [-0.3, -0.25) is 9.59 Å². The van der Waals surface area contributed by atoms with Crippen LogP contribution >= 0.6 is 0 Å². The molecule has 0 spiro atoms. The first-order chi connectivity index (χ1) is 11.7. The van der Waals surface area contributed by atoms with Gasteiger partial charge in [0.25, 0.3) is 5.91 Å². The number of nitrogens with one attached hydrogen (secondary N) is 1. The highest BCUT2D eigenvalue weighted by Crippen LogP contribution is 2.23. The van der Waals surface area contributed by atoms with E-state index in [2.05, 4.69) is 26.1 Å². The van der Waals surface area contributed by atoms with Crippen LogP contribution in [-0.2, 0) is 10.2 Å². The number of carbonyl (C=O) groups excluding carboxylic acids is 2. The Morgan fingerprint density at radius 3 is 2.48 bits per heavy atom. The number of hydrogen-bond acceptors (Lipinski definition) is 3. The van der Waals surface area contributed by atoms with Crippen LogP contribution in [0.2, 0.25) is 0 Å². The van der Waals surface area contributed by atoms with Crippen molar-refractivity contribution in [1.29, 1.82) is 0 Å². The molecule has 1 aliphatic heterocycles. The van der Waals surface area contributed by atoms with Crippen LogP contribution in [0.3, 0.4) is 0 Å². The summed E-state index contributed by atoms with van der Waals surface area (Å²) in [6.07, 6.45) is 2.03. The molecule has 0 radical (unpaired) electrons. The number of benzene rings is 1. The Kier molecular flexibility index (Phi) is 6.22. The second-order valence-corrected chi connectivity index (χ2v) is 7.98. The third kappa shape index (κ3) is 5.30. The van der Waals surface area contributed by atoms with E-state index in [1.807, 2.05) is 12.1 Å². The number of aliphatic hydroxyl groups is 1. The van der Waals surface area contributed by atoms with Crippen molar-refractivity contribution in [1.82, 2.24) is 10.2 Å². The molecule has 0 bridgehead atoms. The molecule has 138 valence electrons. The topological polar surface area (TPSA) is 69.6 Å². The SMILES string of the molecule is CC(O)CC1CCCN1C(=O)CNC(=O)c1ccc(C(C)(C)C)cc1. The minimum absolute atomic E-state index is 0.00380. The number of hydrogen-bond donors (Lipinski definition) is 2. The van der Waals surface area contributed by atoms with Gasteiger partial charge in [-0.2, -0.15) is 0 Å². The van der Waals surface area contributed by atoms with Crippen LogP contribution in [0.4, 0.5) is 0 Å². The molecular weight excluding hydrogens is 316 g/mol. The first kappa shape index (κ1) is 19.4. The minimum Gasteiger partial charge on any atom is -0.393 e. The average molecular weight is 346 g/mol. The third-order valence-corrected chi connectivity index (χ3v) is 4.72. The monoisotopic (exact) mass is 346 g/mol. The zero-order chi connectivity index (χ0) is 18.6. The van der Waals surface area contributed by atoms with Gasteiger partial charge in [0, 0.05) is 18.2 Å². The van der Waals surface area contributed by atoms with Crippen molar-refractivity contribution in [3.63, 3.8) is 0 Å². The predicted molar refractivity (Wildman–Crippen MR) is 98.5 cm³/mol. The Labute approximate surface area is 150 Å². The van der Waals surface area contributed by atoms with Crippen molar-refractivity contribution in [2.75, 3.05) is 13.1 Å². The molecule has 2 unspecified atom stereocenters. The molecular formula is C20H30N2O3. The summed E-state index contributed by atoms with van der Waals surface area (Å²) in [6, 6.07) is 7.58. The van der Waals surface area contributed by atoms with Crippen LogP contribution in [-0.4, -0.2) is 47.1 Å². The zero-order valence-electron chi connectivity index (χ0n) is 15.7. The normalized spacial score (nSPS) is 18.9. The molecule has 1 saturated heterocycles. The maximum atomic E-state index is 12.4. The summed E-state index contributed by atoms with van der Waals surface area (Å²) in [5.41, 5.74) is 1.76. The second-order valence-electron chi connectivity index (χ2n) is 7.98. The Hall–Kier alpha value is -1.88. The lowest BCUT2D eigenvalue weighted by Crippen LogP contribution is -2.43. The highest BCUT2D eigenvalue weighted by molar-refractivity contribution is 5.96. The maximum Gasteiger partial charge on any atom is 0.251 e. The maximum absolute atomic E-state index is 12.4. The van der Waals surface area contributed by atoms with Gasteiger partial charge in [0.15, 0.2) is 0 Å². The van der Waals surface area contributed by atoms with E-state index in [0.29, 0.717) is 18.5 Å². The van der Waals surface area contributed by atoms with Crippen LogP contribution in [0.1, 0.15) is 62.9 Å². The first-order valence-electron chi connectivity index (χ1n) is 9.05. The van der Waals surface area contributed by atoms with Crippen molar-refractivity contribution < 1.29 is 14.7 Å². The lowest BCUT2D eigenvalue weighted by molar-refractivity contribution is -0.131. The summed E-state index contributed by atoms with van der Waals surface area (Å²) in [6.45, 7) is 8.81. The molecule has 25 heavy (non-hydrogen) atoms. The van der Waals surface area contributed by atoms with Gasteiger partial charge >= 0.3 is 0 Å². The fourth-order valence-corrected chi connectivity index (χ4v) is 3.28. The predicted octanol–water partition coefficient (Wildman–Crippen LogP) is 2.48. The molecule has 0 aliphatic carbocycles. The standard InChI is InChI=1S/C20H30N2O3/c1-14(23)12-17-6-5-11-22(17)18(24)13-21-19(25)15-7-9-16(10-8-15)20(2,3)4/h7-10,14,17,23H,5-6,11-13H2,1-4H3,(H,21,25). The number of likely N-dealkylation sites (tertiary alicyclic amines) is 1. The van der Waals surface area contributed by atoms with Gasteiger partial charge < -0.3 is 15.3 Å². The molecule has 1 heterocycles. The van der Waals surface area contributed by atoms with Crippen molar-refractivity contribution in [3.05, 3.63) is 35.4 Å². The molecule has 2 N–H and O–H groups in total. The van der Waals surface area contributed by atoms with Crippen molar-refractivity contribution in [2.24, 2.45) is 0 Å². The molecule has 0 aromatic heterocycles. The highest BCUT2D eigenvalue weighted by atomic mass is 16.3. The summed E-state index contributed by atoms with van der Waals surface area (Å²) in [4.78, 5) is 26.4. The molecule has 1 aromatic rings. The number of carbonyl (C=O) groups is 2. The van der Waals surface area contributed by atoms with E-state index >= 15 is 0 Å². The van der Waals surface area contributed by atoms with Gasteiger partial charge in [0.1, 0.15) is 0 Å². The van der Waals surface area contributed by atoms with E-state index in [4.69, 9.17) is 0 Å². The molecule has 2 rings (SSSR count). The van der Waals surface area contributed by atoms with Crippen LogP contribution in [0.15, 0.2) is 24.3 Å². The van der Waals surface area contributed by atoms with E-state index in [-0.39, 0.29) is 29.8 Å². The Morgan fingerprint density at radius 2 is 1.92 bits per heavy atom. The molecule has 1 aromatic carbocycles. The lowest BCUT2D eigenvalue weighted by Gasteiger charge is -2.25. The molecule has 1 aliphatic rings. The van der Waals surface area contributed by atoms with Crippen LogP contribution < -0.4 is 5.32 Å². The largest absolute Gasteiger partial charge is 0.393 e. The fourth-order valence-electron chi connectivity index (χ4n) is 3.28. The summed E-state index contributed by atoms with van der Waals surface area (Å²) in [5, 5.41) is 12.3. The quantitative estimate of drug-likeness (QED) is 0.860. The Balaban J connectivity index is 1.90. The minimum atomic E-state index is -0.422.